The summed E-state index contributed by atoms with van der Waals surface area (Å²) in [6.45, 7) is 9.67. The van der Waals surface area contributed by atoms with Gasteiger partial charge < -0.3 is 20.4 Å². The Morgan fingerprint density at radius 2 is 1.44 bits per heavy atom. The van der Waals surface area contributed by atoms with Crippen molar-refractivity contribution in [2.75, 3.05) is 52.9 Å². The number of carbonyl (C=O) groups is 2. The van der Waals surface area contributed by atoms with Gasteiger partial charge in [0.05, 0.1) is 5.41 Å². The van der Waals surface area contributed by atoms with Crippen LogP contribution in [0.1, 0.15) is 46.0 Å². The third-order valence-electron chi connectivity index (χ3n) is 6.42. The zero-order valence-electron chi connectivity index (χ0n) is 17.1. The van der Waals surface area contributed by atoms with Crippen LogP contribution in [0.15, 0.2) is 0 Å². The van der Waals surface area contributed by atoms with Gasteiger partial charge in [0.1, 0.15) is 0 Å². The molecule has 2 aliphatic rings. The predicted molar refractivity (Wildman–Crippen MR) is 115 cm³/mol. The molecule has 0 aromatic rings. The first-order valence-electron chi connectivity index (χ1n) is 9.91. The van der Waals surface area contributed by atoms with E-state index in [9.17, 15) is 9.59 Å². The fraction of sp³-hybridized carbons (Fsp3) is 0.895. The Morgan fingerprint density at radius 3 is 1.89 bits per heavy atom. The highest BCUT2D eigenvalue weighted by molar-refractivity contribution is 5.85. The maximum absolute atomic E-state index is 12.9. The molecular weight excluding hydrogens is 387 g/mol. The molecule has 0 aromatic heterocycles. The highest BCUT2D eigenvalue weighted by Crippen LogP contribution is 2.30. The molecule has 0 saturated carbocycles. The van der Waals surface area contributed by atoms with Crippen LogP contribution in [0.4, 0.5) is 0 Å². The first kappa shape index (κ1) is 26.4. The number of carbonyl (C=O) groups excluding carboxylic acids is 2. The molecule has 0 radical (unpaired) electrons. The molecule has 2 amide bonds. The molecule has 8 heteroatoms. The minimum absolute atomic E-state index is 0. The summed E-state index contributed by atoms with van der Waals surface area (Å²) >= 11 is 0. The first-order chi connectivity index (χ1) is 12.0. The number of likely N-dealkylation sites (N-methyl/N-ethyl adjacent to an activating group) is 1. The van der Waals surface area contributed by atoms with E-state index in [0.29, 0.717) is 18.9 Å². The average Bonchev–Trinajstić information content (AvgIpc) is 2.64. The Bertz CT molecular complexity index is 450. The zero-order valence-corrected chi connectivity index (χ0v) is 18.7. The summed E-state index contributed by atoms with van der Waals surface area (Å²) in [6, 6.07) is 0. The van der Waals surface area contributed by atoms with E-state index in [4.69, 9.17) is 5.73 Å². The summed E-state index contributed by atoms with van der Waals surface area (Å²) in [7, 11) is 2.10. The number of halogens is 2. The molecule has 0 aromatic carbocycles. The van der Waals surface area contributed by atoms with Crippen LogP contribution in [0.25, 0.3) is 0 Å². The molecular formula is C19H38Cl2N4O2. The van der Waals surface area contributed by atoms with Crippen molar-refractivity contribution in [3.05, 3.63) is 0 Å². The van der Waals surface area contributed by atoms with Gasteiger partial charge >= 0.3 is 0 Å². The summed E-state index contributed by atoms with van der Waals surface area (Å²) in [5.41, 5.74) is 5.52. The maximum Gasteiger partial charge on any atom is 0.230 e. The van der Waals surface area contributed by atoms with Crippen molar-refractivity contribution in [3.63, 3.8) is 0 Å². The van der Waals surface area contributed by atoms with Gasteiger partial charge in [0, 0.05) is 52.2 Å². The van der Waals surface area contributed by atoms with E-state index >= 15 is 0 Å². The highest BCUT2D eigenvalue weighted by atomic mass is 35.5. The number of hydrogen-bond acceptors (Lipinski definition) is 4. The Balaban J connectivity index is 0.00000338. The second kappa shape index (κ2) is 12.1. The average molecular weight is 425 g/mol. The number of rotatable bonds is 6. The molecule has 0 bridgehead atoms. The topological polar surface area (TPSA) is 69.9 Å². The van der Waals surface area contributed by atoms with Gasteiger partial charge in [0.15, 0.2) is 0 Å². The zero-order chi connectivity index (χ0) is 18.4. The van der Waals surface area contributed by atoms with Gasteiger partial charge in [-0.25, -0.2) is 0 Å². The smallest absolute Gasteiger partial charge is 0.230 e. The van der Waals surface area contributed by atoms with Gasteiger partial charge in [0.25, 0.3) is 0 Å². The highest BCUT2D eigenvalue weighted by Gasteiger charge is 2.38. The van der Waals surface area contributed by atoms with Gasteiger partial charge in [-0.3, -0.25) is 9.59 Å². The summed E-state index contributed by atoms with van der Waals surface area (Å²) < 4.78 is 0. The van der Waals surface area contributed by atoms with Crippen LogP contribution in [0.3, 0.4) is 0 Å². The summed E-state index contributed by atoms with van der Waals surface area (Å²) in [6.07, 6.45) is 4.08. The van der Waals surface area contributed by atoms with Gasteiger partial charge in [-0.05, 0) is 38.6 Å². The number of nitrogens with two attached hydrogens (primary N) is 1. The van der Waals surface area contributed by atoms with E-state index in [2.05, 4.69) is 25.8 Å². The molecule has 2 fully saturated rings. The Kier molecular flexibility index (Phi) is 11.8. The SMILES string of the molecule is CCC(CC)(CN)C(=O)N1CCC(CC(=O)N2CCN(C)CC2)CC1.Cl.Cl. The molecule has 2 saturated heterocycles. The second-order valence-corrected chi connectivity index (χ2v) is 7.82. The Hall–Kier alpha value is -0.560. The lowest BCUT2D eigenvalue weighted by Crippen LogP contribution is -2.51. The van der Waals surface area contributed by atoms with E-state index in [1.807, 2.05) is 9.80 Å². The summed E-state index contributed by atoms with van der Waals surface area (Å²) in [5.74, 6) is 0.909. The minimum atomic E-state index is -0.400. The van der Waals surface area contributed by atoms with Gasteiger partial charge in [-0.2, -0.15) is 0 Å². The quantitative estimate of drug-likeness (QED) is 0.707. The Morgan fingerprint density at radius 1 is 0.926 bits per heavy atom. The molecule has 2 aliphatic heterocycles. The predicted octanol–water partition coefficient (Wildman–Crippen LogP) is 2.00. The first-order valence-corrected chi connectivity index (χ1v) is 9.91. The molecule has 2 rings (SSSR count). The van der Waals surface area contributed by atoms with Crippen LogP contribution in [-0.2, 0) is 9.59 Å². The van der Waals surface area contributed by atoms with E-state index in [1.165, 1.54) is 0 Å². The van der Waals surface area contributed by atoms with Crippen molar-refractivity contribution in [3.8, 4) is 0 Å². The lowest BCUT2D eigenvalue weighted by atomic mass is 9.80. The van der Waals surface area contributed by atoms with E-state index in [-0.39, 0.29) is 36.6 Å². The number of hydrogen-bond donors (Lipinski definition) is 1. The fourth-order valence-corrected chi connectivity index (χ4v) is 4.04. The number of likely N-dealkylation sites (tertiary alicyclic amines) is 1. The molecule has 160 valence electrons. The largest absolute Gasteiger partial charge is 0.342 e. The third kappa shape index (κ3) is 6.48. The van der Waals surface area contributed by atoms with Crippen molar-refractivity contribution >= 4 is 36.6 Å². The standard InChI is InChI=1S/C19H36N4O2.2ClH/c1-4-19(5-2,15-20)18(25)23-8-6-16(7-9-23)14-17(24)22-12-10-21(3)11-13-22;;/h16H,4-15,20H2,1-3H3;2*1H. The van der Waals surface area contributed by atoms with Crippen LogP contribution >= 0.6 is 24.8 Å². The van der Waals surface area contributed by atoms with Crippen molar-refractivity contribution in [2.45, 2.75) is 46.0 Å². The maximum atomic E-state index is 12.9. The van der Waals surface area contributed by atoms with Gasteiger partial charge in [-0.1, -0.05) is 13.8 Å². The third-order valence-corrected chi connectivity index (χ3v) is 6.42. The number of piperazine rings is 1. The van der Waals surface area contributed by atoms with Gasteiger partial charge in [0.2, 0.25) is 11.8 Å². The van der Waals surface area contributed by atoms with E-state index in [1.54, 1.807) is 0 Å². The van der Waals surface area contributed by atoms with Crippen LogP contribution in [0.5, 0.6) is 0 Å². The van der Waals surface area contributed by atoms with Crippen molar-refractivity contribution in [2.24, 2.45) is 17.1 Å². The second-order valence-electron chi connectivity index (χ2n) is 7.82. The van der Waals surface area contributed by atoms with Crippen LogP contribution in [-0.4, -0.2) is 79.4 Å². The van der Waals surface area contributed by atoms with Crippen LogP contribution in [0.2, 0.25) is 0 Å². The van der Waals surface area contributed by atoms with Crippen LogP contribution < -0.4 is 5.73 Å². The van der Waals surface area contributed by atoms with Crippen molar-refractivity contribution in [1.82, 2.24) is 14.7 Å². The monoisotopic (exact) mass is 424 g/mol. The lowest BCUT2D eigenvalue weighted by molar-refractivity contribution is -0.144. The molecule has 0 aliphatic carbocycles. The molecule has 27 heavy (non-hydrogen) atoms. The van der Waals surface area contributed by atoms with Crippen molar-refractivity contribution < 1.29 is 9.59 Å². The summed E-state index contributed by atoms with van der Waals surface area (Å²) in [5, 5.41) is 0. The summed E-state index contributed by atoms with van der Waals surface area (Å²) in [4.78, 5) is 31.6. The molecule has 0 atom stereocenters. The van der Waals surface area contributed by atoms with Crippen LogP contribution in [0, 0.1) is 11.3 Å². The molecule has 2 heterocycles. The fourth-order valence-electron chi connectivity index (χ4n) is 4.04. The molecule has 0 spiro atoms. The molecule has 0 unspecified atom stereocenters. The normalized spacial score (nSPS) is 19.3. The van der Waals surface area contributed by atoms with Crippen molar-refractivity contribution in [1.29, 1.82) is 0 Å². The molecule has 2 N–H and O–H groups in total. The minimum Gasteiger partial charge on any atom is -0.342 e. The van der Waals surface area contributed by atoms with E-state index in [0.717, 1.165) is 65.0 Å². The van der Waals surface area contributed by atoms with E-state index < -0.39 is 5.41 Å². The van der Waals surface area contributed by atoms with Gasteiger partial charge in [-0.15, -0.1) is 24.8 Å². The number of nitrogens with zero attached hydrogens (tertiary/aromatic N) is 3. The number of amides is 2. The number of piperidine rings is 1. The molecule has 6 nitrogen and oxygen atoms in total. The Labute approximate surface area is 177 Å². The lowest BCUT2D eigenvalue weighted by Gasteiger charge is -2.39.